The predicted octanol–water partition coefficient (Wildman–Crippen LogP) is 1.60. The Bertz CT molecular complexity index is 395. The van der Waals surface area contributed by atoms with Gasteiger partial charge in [-0.1, -0.05) is 0 Å². The number of halogens is 1. The van der Waals surface area contributed by atoms with Crippen molar-refractivity contribution in [2.45, 2.75) is 13.0 Å². The molecule has 1 N–H and O–H groups in total. The van der Waals surface area contributed by atoms with Crippen LogP contribution in [0.5, 0.6) is 5.75 Å². The first kappa shape index (κ1) is 13.4. The van der Waals surface area contributed by atoms with E-state index in [-0.39, 0.29) is 11.7 Å². The van der Waals surface area contributed by atoms with Gasteiger partial charge in [-0.05, 0) is 19.1 Å². The summed E-state index contributed by atoms with van der Waals surface area (Å²) in [6.45, 7) is 2.14. The molecule has 0 aliphatic heterocycles. The molecule has 0 radical (unpaired) electrons. The van der Waals surface area contributed by atoms with Crippen molar-refractivity contribution in [2.75, 3.05) is 20.8 Å². The predicted molar refractivity (Wildman–Crippen MR) is 61.8 cm³/mol. The summed E-state index contributed by atoms with van der Waals surface area (Å²) in [5.41, 5.74) is -0.00546. The van der Waals surface area contributed by atoms with E-state index < -0.39 is 11.7 Å². The second-order valence-corrected chi connectivity index (χ2v) is 3.60. The van der Waals surface area contributed by atoms with Crippen LogP contribution in [-0.4, -0.2) is 32.8 Å². The average molecular weight is 241 g/mol. The molecule has 0 saturated carbocycles. The van der Waals surface area contributed by atoms with Gasteiger partial charge in [0.25, 0.3) is 5.91 Å². The van der Waals surface area contributed by atoms with E-state index in [4.69, 9.17) is 9.47 Å². The first-order valence-electron chi connectivity index (χ1n) is 5.23. The van der Waals surface area contributed by atoms with Gasteiger partial charge in [-0.15, -0.1) is 0 Å². The third-order valence-electron chi connectivity index (χ3n) is 2.37. The summed E-state index contributed by atoms with van der Waals surface area (Å²) < 4.78 is 23.4. The van der Waals surface area contributed by atoms with Gasteiger partial charge in [0.05, 0.1) is 18.8 Å². The first-order chi connectivity index (χ1) is 8.08. The topological polar surface area (TPSA) is 47.6 Å². The van der Waals surface area contributed by atoms with Gasteiger partial charge in [0.2, 0.25) is 0 Å². The van der Waals surface area contributed by atoms with Gasteiger partial charge in [-0.3, -0.25) is 4.79 Å². The molecule has 0 aromatic heterocycles. The number of amides is 1. The Morgan fingerprint density at radius 1 is 1.47 bits per heavy atom. The molecule has 94 valence electrons. The molecular formula is C12H16FNO3. The number of ether oxygens (including phenoxy) is 2. The molecule has 0 aliphatic rings. The standard InChI is InChI=1S/C12H16FNO3/c1-8(16-2)7-14-12(15)10-5-4-9(17-3)6-11(10)13/h4-6,8H,7H2,1-3H3,(H,14,15). The monoisotopic (exact) mass is 241 g/mol. The van der Waals surface area contributed by atoms with Gasteiger partial charge in [0, 0.05) is 19.7 Å². The minimum Gasteiger partial charge on any atom is -0.497 e. The Morgan fingerprint density at radius 2 is 2.18 bits per heavy atom. The second kappa shape index (κ2) is 6.20. The smallest absolute Gasteiger partial charge is 0.254 e. The maximum absolute atomic E-state index is 13.5. The van der Waals surface area contributed by atoms with Crippen molar-refractivity contribution in [1.29, 1.82) is 0 Å². The lowest BCUT2D eigenvalue weighted by molar-refractivity contribution is 0.0867. The van der Waals surface area contributed by atoms with E-state index in [2.05, 4.69) is 5.32 Å². The van der Waals surface area contributed by atoms with Crippen molar-refractivity contribution in [3.63, 3.8) is 0 Å². The molecule has 5 heteroatoms. The summed E-state index contributed by atoms with van der Waals surface area (Å²) in [5, 5.41) is 2.58. The first-order valence-corrected chi connectivity index (χ1v) is 5.23. The van der Waals surface area contributed by atoms with Crippen LogP contribution in [0.15, 0.2) is 18.2 Å². The van der Waals surface area contributed by atoms with Crippen LogP contribution in [0.2, 0.25) is 0 Å². The number of nitrogens with one attached hydrogen (secondary N) is 1. The van der Waals surface area contributed by atoms with Crippen LogP contribution in [-0.2, 0) is 4.74 Å². The molecule has 1 atom stereocenters. The summed E-state index contributed by atoms with van der Waals surface area (Å²) in [6, 6.07) is 4.10. The fourth-order valence-electron chi connectivity index (χ4n) is 1.22. The lowest BCUT2D eigenvalue weighted by Crippen LogP contribution is -2.32. The number of carbonyl (C=O) groups excluding carboxylic acids is 1. The van der Waals surface area contributed by atoms with Gasteiger partial charge in [0.15, 0.2) is 0 Å². The van der Waals surface area contributed by atoms with E-state index in [0.717, 1.165) is 0 Å². The minimum atomic E-state index is -0.605. The Kier molecular flexibility index (Phi) is 4.90. The van der Waals surface area contributed by atoms with Gasteiger partial charge in [-0.2, -0.15) is 0 Å². The van der Waals surface area contributed by atoms with E-state index in [1.165, 1.54) is 25.3 Å². The molecule has 1 aromatic carbocycles. The molecule has 4 nitrogen and oxygen atoms in total. The second-order valence-electron chi connectivity index (χ2n) is 3.60. The number of benzene rings is 1. The molecule has 1 rings (SSSR count). The third-order valence-corrected chi connectivity index (χ3v) is 2.37. The van der Waals surface area contributed by atoms with Gasteiger partial charge >= 0.3 is 0 Å². The van der Waals surface area contributed by atoms with E-state index in [1.807, 2.05) is 6.92 Å². The van der Waals surface area contributed by atoms with Crippen molar-refractivity contribution in [3.8, 4) is 5.75 Å². The SMILES string of the molecule is COc1ccc(C(=O)NCC(C)OC)c(F)c1. The Balaban J connectivity index is 2.69. The van der Waals surface area contributed by atoms with Crippen LogP contribution in [0, 0.1) is 5.82 Å². The van der Waals surface area contributed by atoms with Crippen molar-refractivity contribution in [3.05, 3.63) is 29.6 Å². The quantitative estimate of drug-likeness (QED) is 0.851. The number of hydrogen-bond donors (Lipinski definition) is 1. The zero-order valence-electron chi connectivity index (χ0n) is 10.1. The molecule has 0 fully saturated rings. The van der Waals surface area contributed by atoms with E-state index in [9.17, 15) is 9.18 Å². The molecule has 1 unspecified atom stereocenters. The van der Waals surface area contributed by atoms with Crippen LogP contribution in [0.4, 0.5) is 4.39 Å². The molecule has 1 amide bonds. The highest BCUT2D eigenvalue weighted by molar-refractivity contribution is 5.94. The van der Waals surface area contributed by atoms with E-state index in [1.54, 1.807) is 7.11 Å². The lowest BCUT2D eigenvalue weighted by Gasteiger charge is -2.11. The van der Waals surface area contributed by atoms with Crippen LogP contribution >= 0.6 is 0 Å². The normalized spacial score (nSPS) is 12.0. The highest BCUT2D eigenvalue weighted by Gasteiger charge is 2.13. The van der Waals surface area contributed by atoms with Crippen molar-refractivity contribution in [1.82, 2.24) is 5.32 Å². The van der Waals surface area contributed by atoms with E-state index in [0.29, 0.717) is 12.3 Å². The minimum absolute atomic E-state index is 0.00546. The average Bonchev–Trinajstić information content (AvgIpc) is 2.35. The van der Waals surface area contributed by atoms with Gasteiger partial charge in [0.1, 0.15) is 11.6 Å². The zero-order valence-corrected chi connectivity index (χ0v) is 10.1. The fraction of sp³-hybridized carbons (Fsp3) is 0.417. The number of methoxy groups -OCH3 is 2. The molecule has 0 saturated heterocycles. The van der Waals surface area contributed by atoms with Crippen molar-refractivity contribution < 1.29 is 18.7 Å². The molecular weight excluding hydrogens is 225 g/mol. The maximum Gasteiger partial charge on any atom is 0.254 e. The molecule has 0 heterocycles. The van der Waals surface area contributed by atoms with Crippen molar-refractivity contribution >= 4 is 5.91 Å². The maximum atomic E-state index is 13.5. The fourth-order valence-corrected chi connectivity index (χ4v) is 1.22. The highest BCUT2D eigenvalue weighted by Crippen LogP contribution is 2.15. The summed E-state index contributed by atoms with van der Waals surface area (Å²) in [5.74, 6) is -0.690. The summed E-state index contributed by atoms with van der Waals surface area (Å²) in [6.07, 6.45) is -0.111. The Hall–Kier alpha value is -1.62. The Labute approximate surface area is 99.7 Å². The molecule has 0 bridgehead atoms. The lowest BCUT2D eigenvalue weighted by atomic mass is 10.2. The number of carbonyl (C=O) groups is 1. The van der Waals surface area contributed by atoms with Crippen LogP contribution in [0.1, 0.15) is 17.3 Å². The number of hydrogen-bond acceptors (Lipinski definition) is 3. The van der Waals surface area contributed by atoms with E-state index >= 15 is 0 Å². The highest BCUT2D eigenvalue weighted by atomic mass is 19.1. The third kappa shape index (κ3) is 3.71. The Morgan fingerprint density at radius 3 is 2.71 bits per heavy atom. The number of rotatable bonds is 5. The summed E-state index contributed by atoms with van der Waals surface area (Å²) >= 11 is 0. The van der Waals surface area contributed by atoms with Gasteiger partial charge < -0.3 is 14.8 Å². The van der Waals surface area contributed by atoms with Gasteiger partial charge in [-0.25, -0.2) is 4.39 Å². The molecule has 17 heavy (non-hydrogen) atoms. The van der Waals surface area contributed by atoms with Crippen LogP contribution in [0.3, 0.4) is 0 Å². The van der Waals surface area contributed by atoms with Crippen LogP contribution in [0.25, 0.3) is 0 Å². The van der Waals surface area contributed by atoms with Crippen LogP contribution < -0.4 is 10.1 Å². The van der Waals surface area contributed by atoms with Crippen molar-refractivity contribution in [2.24, 2.45) is 0 Å². The summed E-state index contributed by atoms with van der Waals surface area (Å²) in [4.78, 5) is 11.6. The summed E-state index contributed by atoms with van der Waals surface area (Å²) in [7, 11) is 2.99. The molecule has 0 aliphatic carbocycles. The molecule has 0 spiro atoms. The molecule has 1 aromatic rings. The zero-order chi connectivity index (χ0) is 12.8. The largest absolute Gasteiger partial charge is 0.497 e.